The van der Waals surface area contributed by atoms with Crippen molar-refractivity contribution in [3.63, 3.8) is 0 Å². The molecule has 22 heavy (non-hydrogen) atoms. The second-order valence-corrected chi connectivity index (χ2v) is 6.96. The molecule has 1 unspecified atom stereocenters. The topological polar surface area (TPSA) is 39.7 Å². The van der Waals surface area contributed by atoms with Crippen LogP contribution in [0.15, 0.2) is 18.2 Å². The maximum Gasteiger partial charge on any atom is 0.231 e. The number of hydrogen-bond acceptors (Lipinski definition) is 5. The Morgan fingerprint density at radius 3 is 2.77 bits per heavy atom. The van der Waals surface area contributed by atoms with Gasteiger partial charge in [-0.05, 0) is 50.1 Å². The van der Waals surface area contributed by atoms with Crippen molar-refractivity contribution in [3.8, 4) is 17.2 Å². The minimum atomic E-state index is 0.256. The van der Waals surface area contributed by atoms with Crippen molar-refractivity contribution in [1.29, 1.82) is 0 Å². The summed E-state index contributed by atoms with van der Waals surface area (Å²) in [6.45, 7) is 7.53. The highest BCUT2D eigenvalue weighted by molar-refractivity contribution is 7.12. The summed E-state index contributed by atoms with van der Waals surface area (Å²) in [6.07, 6.45) is 0. The van der Waals surface area contributed by atoms with Gasteiger partial charge in [-0.3, -0.25) is 0 Å². The van der Waals surface area contributed by atoms with Crippen LogP contribution in [0.2, 0.25) is 0 Å². The Morgan fingerprint density at radius 2 is 2.09 bits per heavy atom. The Bertz CT molecular complexity index is 681. The third-order valence-corrected chi connectivity index (χ3v) is 4.86. The average molecular weight is 319 g/mol. The van der Waals surface area contributed by atoms with Crippen LogP contribution in [0, 0.1) is 13.8 Å². The predicted molar refractivity (Wildman–Crippen MR) is 88.2 cm³/mol. The average Bonchev–Trinajstić information content (AvgIpc) is 3.09. The van der Waals surface area contributed by atoms with Gasteiger partial charge in [-0.15, -0.1) is 11.3 Å². The molecule has 0 fully saturated rings. The second-order valence-electron chi connectivity index (χ2n) is 5.50. The van der Waals surface area contributed by atoms with Crippen molar-refractivity contribution in [2.24, 2.45) is 0 Å². The van der Waals surface area contributed by atoms with Crippen molar-refractivity contribution in [1.82, 2.24) is 5.32 Å². The van der Waals surface area contributed by atoms with Gasteiger partial charge >= 0.3 is 0 Å². The minimum absolute atomic E-state index is 0.256. The van der Waals surface area contributed by atoms with Crippen LogP contribution in [0.4, 0.5) is 0 Å². The summed E-state index contributed by atoms with van der Waals surface area (Å²) in [5.41, 5.74) is 2.49. The first-order valence-electron chi connectivity index (χ1n) is 7.35. The molecule has 0 spiro atoms. The van der Waals surface area contributed by atoms with Gasteiger partial charge in [0.1, 0.15) is 0 Å². The Balaban J connectivity index is 1.73. The normalized spacial score (nSPS) is 14.2. The standard InChI is InChI=1S/C17H21NO3S/c1-10-5-14(12(3)22-10)11(2)18-8-13-6-15(19-4)17-16(7-13)20-9-21-17/h5-7,11,18H,8-9H2,1-4H3. The molecule has 2 heterocycles. The van der Waals surface area contributed by atoms with Crippen LogP contribution in [0.5, 0.6) is 17.2 Å². The molecule has 0 saturated heterocycles. The van der Waals surface area contributed by atoms with Gasteiger partial charge in [-0.2, -0.15) is 0 Å². The van der Waals surface area contributed by atoms with Gasteiger partial charge in [0.05, 0.1) is 7.11 Å². The van der Waals surface area contributed by atoms with Crippen LogP contribution in [0.3, 0.4) is 0 Å². The Hall–Kier alpha value is -1.72. The summed E-state index contributed by atoms with van der Waals surface area (Å²) in [4.78, 5) is 2.73. The zero-order valence-electron chi connectivity index (χ0n) is 13.4. The molecule has 1 aromatic carbocycles. The van der Waals surface area contributed by atoms with E-state index in [0.717, 1.165) is 23.6 Å². The molecule has 1 aliphatic heterocycles. The fourth-order valence-corrected chi connectivity index (χ4v) is 3.77. The molecule has 1 N–H and O–H groups in total. The van der Waals surface area contributed by atoms with Gasteiger partial charge in [-0.25, -0.2) is 0 Å². The van der Waals surface area contributed by atoms with E-state index in [1.54, 1.807) is 7.11 Å². The highest BCUT2D eigenvalue weighted by atomic mass is 32.1. The number of aryl methyl sites for hydroxylation is 2. The van der Waals surface area contributed by atoms with Crippen molar-refractivity contribution >= 4 is 11.3 Å². The molecule has 0 amide bonds. The molecule has 4 nitrogen and oxygen atoms in total. The highest BCUT2D eigenvalue weighted by Gasteiger charge is 2.20. The Morgan fingerprint density at radius 1 is 1.27 bits per heavy atom. The van der Waals surface area contributed by atoms with E-state index in [4.69, 9.17) is 14.2 Å². The lowest BCUT2D eigenvalue weighted by molar-refractivity contribution is 0.171. The molecule has 1 aliphatic rings. The number of hydrogen-bond donors (Lipinski definition) is 1. The van der Waals surface area contributed by atoms with Crippen LogP contribution in [0.25, 0.3) is 0 Å². The molecule has 0 aliphatic carbocycles. The number of benzene rings is 1. The summed E-state index contributed by atoms with van der Waals surface area (Å²) in [6, 6.07) is 6.58. The van der Waals surface area contributed by atoms with E-state index in [1.807, 2.05) is 23.5 Å². The second kappa shape index (κ2) is 6.18. The smallest absolute Gasteiger partial charge is 0.231 e. The van der Waals surface area contributed by atoms with Crippen molar-refractivity contribution in [3.05, 3.63) is 39.1 Å². The van der Waals surface area contributed by atoms with Gasteiger partial charge in [0, 0.05) is 22.3 Å². The number of rotatable bonds is 5. The van der Waals surface area contributed by atoms with Crippen LogP contribution in [-0.4, -0.2) is 13.9 Å². The van der Waals surface area contributed by atoms with E-state index >= 15 is 0 Å². The van der Waals surface area contributed by atoms with E-state index in [-0.39, 0.29) is 6.79 Å². The molecule has 118 valence electrons. The molecule has 3 rings (SSSR count). The van der Waals surface area contributed by atoms with E-state index in [2.05, 4.69) is 32.2 Å². The largest absolute Gasteiger partial charge is 0.493 e. The van der Waals surface area contributed by atoms with E-state index in [1.165, 1.54) is 15.3 Å². The molecular formula is C17H21NO3S. The third kappa shape index (κ3) is 2.91. The number of ether oxygens (including phenoxy) is 3. The molecule has 1 atom stereocenters. The lowest BCUT2D eigenvalue weighted by Gasteiger charge is -2.15. The summed E-state index contributed by atoms with van der Waals surface area (Å²) in [5, 5.41) is 3.57. The summed E-state index contributed by atoms with van der Waals surface area (Å²) in [5.74, 6) is 2.18. The van der Waals surface area contributed by atoms with Gasteiger partial charge in [0.25, 0.3) is 0 Å². The number of methoxy groups -OCH3 is 1. The van der Waals surface area contributed by atoms with Gasteiger partial charge < -0.3 is 19.5 Å². The van der Waals surface area contributed by atoms with Crippen LogP contribution in [0.1, 0.15) is 33.8 Å². The number of fused-ring (bicyclic) bond motifs is 1. The predicted octanol–water partition coefficient (Wildman–Crippen LogP) is 3.95. The fourth-order valence-electron chi connectivity index (χ4n) is 2.75. The molecule has 0 radical (unpaired) electrons. The lowest BCUT2D eigenvalue weighted by Crippen LogP contribution is -2.18. The SMILES string of the molecule is COc1cc(CNC(C)c2cc(C)sc2C)cc2c1OCO2. The number of nitrogens with one attached hydrogen (secondary N) is 1. The van der Waals surface area contributed by atoms with Crippen molar-refractivity contribution in [2.75, 3.05) is 13.9 Å². The van der Waals surface area contributed by atoms with Gasteiger partial charge in [0.2, 0.25) is 12.5 Å². The summed E-state index contributed by atoms with van der Waals surface area (Å²) >= 11 is 1.85. The van der Waals surface area contributed by atoms with Crippen LogP contribution >= 0.6 is 11.3 Å². The summed E-state index contributed by atoms with van der Waals surface area (Å²) in [7, 11) is 1.65. The molecule has 1 aromatic heterocycles. The maximum absolute atomic E-state index is 5.47. The first kappa shape index (κ1) is 15.2. The van der Waals surface area contributed by atoms with Crippen molar-refractivity contribution in [2.45, 2.75) is 33.4 Å². The first-order valence-corrected chi connectivity index (χ1v) is 8.17. The van der Waals surface area contributed by atoms with E-state index in [0.29, 0.717) is 11.8 Å². The van der Waals surface area contributed by atoms with Crippen LogP contribution in [-0.2, 0) is 6.54 Å². The minimum Gasteiger partial charge on any atom is -0.493 e. The van der Waals surface area contributed by atoms with Gasteiger partial charge in [-0.1, -0.05) is 0 Å². The molecule has 0 bridgehead atoms. The third-order valence-electron chi connectivity index (χ3n) is 3.88. The van der Waals surface area contributed by atoms with E-state index in [9.17, 15) is 0 Å². The molecule has 2 aromatic rings. The Labute approximate surface area is 135 Å². The van der Waals surface area contributed by atoms with Crippen molar-refractivity contribution < 1.29 is 14.2 Å². The fraction of sp³-hybridized carbons (Fsp3) is 0.412. The Kier molecular flexibility index (Phi) is 4.27. The highest BCUT2D eigenvalue weighted by Crippen LogP contribution is 2.41. The monoisotopic (exact) mass is 319 g/mol. The van der Waals surface area contributed by atoms with Gasteiger partial charge in [0.15, 0.2) is 11.5 Å². The molecular weight excluding hydrogens is 298 g/mol. The molecule has 0 saturated carbocycles. The lowest BCUT2D eigenvalue weighted by atomic mass is 10.1. The zero-order chi connectivity index (χ0) is 15.7. The zero-order valence-corrected chi connectivity index (χ0v) is 14.2. The molecule has 5 heteroatoms. The quantitative estimate of drug-likeness (QED) is 0.906. The van der Waals surface area contributed by atoms with Crippen LogP contribution < -0.4 is 19.5 Å². The number of thiophene rings is 1. The van der Waals surface area contributed by atoms with E-state index < -0.39 is 0 Å². The first-order chi connectivity index (χ1) is 10.6. The summed E-state index contributed by atoms with van der Waals surface area (Å²) < 4.78 is 16.3. The maximum atomic E-state index is 5.47.